The minimum atomic E-state index is -3.66. The molecule has 3 rings (SSSR count). The van der Waals surface area contributed by atoms with Gasteiger partial charge in [0.25, 0.3) is 11.5 Å². The van der Waals surface area contributed by atoms with Crippen LogP contribution in [0.5, 0.6) is 5.75 Å². The Kier molecular flexibility index (Phi) is 9.36. The number of hydrogen-bond donors (Lipinski definition) is 3. The van der Waals surface area contributed by atoms with E-state index in [0.717, 1.165) is 17.4 Å². The number of esters is 1. The first kappa shape index (κ1) is 30.1. The van der Waals surface area contributed by atoms with Crippen molar-refractivity contribution in [2.24, 2.45) is 5.73 Å². The van der Waals surface area contributed by atoms with Crippen LogP contribution in [0.3, 0.4) is 0 Å². The van der Waals surface area contributed by atoms with Crippen molar-refractivity contribution in [2.75, 3.05) is 26.0 Å². The van der Waals surface area contributed by atoms with Crippen molar-refractivity contribution in [3.05, 3.63) is 54.1 Å². The second-order valence-electron chi connectivity index (χ2n) is 10.4. The third-order valence-electron chi connectivity index (χ3n) is 5.77. The summed E-state index contributed by atoms with van der Waals surface area (Å²) in [7, 11) is -3.66. The number of nitrogens with one attached hydrogen (secondary N) is 2. The van der Waals surface area contributed by atoms with Gasteiger partial charge in [-0.25, -0.2) is 4.79 Å². The normalized spacial score (nSPS) is 18.9. The highest BCUT2D eigenvalue weighted by atomic mass is 32.2. The fraction of sp³-hybridized carbons (Fsp3) is 0.444. The summed E-state index contributed by atoms with van der Waals surface area (Å²) in [4.78, 5) is 38.8. The van der Waals surface area contributed by atoms with Gasteiger partial charge in [0.05, 0.1) is 12.9 Å². The number of carbonyl (C=O) groups excluding carboxylic acids is 3. The Bertz CT molecular complexity index is 1300. The first-order chi connectivity index (χ1) is 18.2. The van der Waals surface area contributed by atoms with Gasteiger partial charge in [-0.05, 0) is 62.6 Å². The quantitative estimate of drug-likeness (QED) is 0.233. The van der Waals surface area contributed by atoms with Crippen LogP contribution >= 0.6 is 0 Å². The second-order valence-corrected chi connectivity index (χ2v) is 11.9. The summed E-state index contributed by atoms with van der Waals surface area (Å²) < 4.78 is 39.1. The van der Waals surface area contributed by atoms with Crippen LogP contribution in [0.15, 0.2) is 48.5 Å². The van der Waals surface area contributed by atoms with E-state index in [1.165, 1.54) is 6.07 Å². The van der Waals surface area contributed by atoms with E-state index in [-0.39, 0.29) is 25.3 Å². The summed E-state index contributed by atoms with van der Waals surface area (Å²) in [5.41, 5.74) is 4.97. The summed E-state index contributed by atoms with van der Waals surface area (Å²) >= 11 is 0. The summed E-state index contributed by atoms with van der Waals surface area (Å²) in [5.74, 6) is -2.26. The molecule has 1 saturated heterocycles. The van der Waals surface area contributed by atoms with Crippen molar-refractivity contribution < 1.29 is 36.5 Å². The molecular formula is C27H35N3O8S. The van der Waals surface area contributed by atoms with Gasteiger partial charge in [0, 0.05) is 13.0 Å². The second kappa shape index (κ2) is 12.1. The Labute approximate surface area is 228 Å². The number of ether oxygens (including phenoxy) is 2. The molecular weight excluding hydrogens is 526 g/mol. The zero-order chi connectivity index (χ0) is 28.8. The molecule has 0 aromatic heterocycles. The van der Waals surface area contributed by atoms with Gasteiger partial charge in [-0.3, -0.25) is 9.59 Å². The van der Waals surface area contributed by atoms with Crippen molar-refractivity contribution in [1.29, 1.82) is 0 Å². The van der Waals surface area contributed by atoms with Crippen molar-refractivity contribution >= 4 is 27.9 Å². The molecule has 0 spiro atoms. The van der Waals surface area contributed by atoms with E-state index in [9.17, 15) is 22.8 Å². The van der Waals surface area contributed by atoms with E-state index in [4.69, 9.17) is 19.4 Å². The minimum absolute atomic E-state index is 0.0659. The Morgan fingerprint density at radius 2 is 1.82 bits per heavy atom. The van der Waals surface area contributed by atoms with Gasteiger partial charge in [-0.1, -0.05) is 36.4 Å². The van der Waals surface area contributed by atoms with E-state index >= 15 is 0 Å². The Morgan fingerprint density at radius 1 is 1.13 bits per heavy atom. The average Bonchev–Trinajstić information content (AvgIpc) is 3.09. The molecule has 2 aromatic carbocycles. The number of amides is 2. The van der Waals surface area contributed by atoms with E-state index in [2.05, 4.69) is 10.6 Å². The molecule has 0 unspecified atom stereocenters. The molecule has 0 saturated carbocycles. The van der Waals surface area contributed by atoms with Gasteiger partial charge >= 0.3 is 16.1 Å². The van der Waals surface area contributed by atoms with Crippen molar-refractivity contribution in [2.45, 2.75) is 50.9 Å². The van der Waals surface area contributed by atoms with Gasteiger partial charge in [-0.15, -0.1) is 0 Å². The Hall–Kier alpha value is -3.48. The predicted molar refractivity (Wildman–Crippen MR) is 144 cm³/mol. The highest BCUT2D eigenvalue weighted by Crippen LogP contribution is 2.26. The first-order valence-electron chi connectivity index (χ1n) is 12.5. The molecule has 2 aromatic rings. The van der Waals surface area contributed by atoms with Crippen LogP contribution in [0.2, 0.25) is 0 Å². The fourth-order valence-corrected chi connectivity index (χ4v) is 4.41. The number of primary amides is 1. The first-order valence-corrected chi connectivity index (χ1v) is 14.3. The maximum Gasteiger partial charge on any atom is 0.350 e. The minimum Gasteiger partial charge on any atom is -0.457 e. The van der Waals surface area contributed by atoms with Crippen molar-refractivity contribution in [3.8, 4) is 16.9 Å². The number of benzene rings is 2. The molecule has 2 amide bonds. The molecule has 1 aliphatic heterocycles. The van der Waals surface area contributed by atoms with Crippen LogP contribution in [0.1, 0.15) is 32.8 Å². The lowest BCUT2D eigenvalue weighted by Crippen LogP contribution is -2.63. The molecule has 2 atom stereocenters. The van der Waals surface area contributed by atoms with Gasteiger partial charge in [-0.2, -0.15) is 8.42 Å². The molecule has 1 fully saturated rings. The molecule has 39 heavy (non-hydrogen) atoms. The van der Waals surface area contributed by atoms with Crippen molar-refractivity contribution in [3.63, 3.8) is 0 Å². The molecule has 0 bridgehead atoms. The monoisotopic (exact) mass is 561 g/mol. The molecule has 212 valence electrons. The van der Waals surface area contributed by atoms with Gasteiger partial charge in [0.1, 0.15) is 17.4 Å². The lowest BCUT2D eigenvalue weighted by molar-refractivity contribution is -0.186. The van der Waals surface area contributed by atoms with Crippen LogP contribution in [0, 0.1) is 0 Å². The van der Waals surface area contributed by atoms with Crippen LogP contribution < -0.4 is 20.6 Å². The number of hydrogen-bond acceptors (Lipinski definition) is 9. The molecule has 0 aliphatic carbocycles. The topological polar surface area (TPSA) is 163 Å². The van der Waals surface area contributed by atoms with E-state index in [1.54, 1.807) is 63.2 Å². The molecule has 12 heteroatoms. The van der Waals surface area contributed by atoms with Gasteiger partial charge in [0.15, 0.2) is 0 Å². The molecule has 0 radical (unpaired) electrons. The number of nitrogens with two attached hydrogens (primary N) is 1. The number of carbonyl (C=O) groups is 3. The van der Waals surface area contributed by atoms with Crippen molar-refractivity contribution in [1.82, 2.24) is 10.6 Å². The van der Waals surface area contributed by atoms with E-state index in [1.807, 2.05) is 0 Å². The third kappa shape index (κ3) is 8.50. The maximum atomic E-state index is 13.4. The molecule has 1 aliphatic rings. The fourth-order valence-electron chi connectivity index (χ4n) is 3.96. The summed E-state index contributed by atoms with van der Waals surface area (Å²) in [6, 6.07) is 12.6. The molecule has 11 nitrogen and oxygen atoms in total. The average molecular weight is 562 g/mol. The van der Waals surface area contributed by atoms with Gasteiger partial charge in [0.2, 0.25) is 5.91 Å². The number of rotatable bonds is 9. The largest absolute Gasteiger partial charge is 0.457 e. The Morgan fingerprint density at radius 3 is 2.44 bits per heavy atom. The lowest BCUT2D eigenvalue weighted by atomic mass is 9.98. The summed E-state index contributed by atoms with van der Waals surface area (Å²) in [5, 5.41) is 5.62. The maximum absolute atomic E-state index is 13.4. The van der Waals surface area contributed by atoms with Crippen LogP contribution in [0.4, 0.5) is 0 Å². The van der Waals surface area contributed by atoms with Crippen LogP contribution in [-0.2, 0) is 40.4 Å². The SMILES string of the molecule is CC(C)(C)OC(=O)[C@@]1(C(=O)N[C@@H](Cc2ccc(-c3cccc(OS(C)(=O)=O)c3)cc2)C(N)=O)CNCCCO1. The summed E-state index contributed by atoms with van der Waals surface area (Å²) in [6.45, 7) is 5.64. The van der Waals surface area contributed by atoms with E-state index in [0.29, 0.717) is 18.5 Å². The molecule has 1 heterocycles. The standard InChI is InChI=1S/C27H35N3O8S/c1-26(2,3)37-25(33)27(17-29-13-6-14-36-27)24(32)30-22(23(28)31)15-18-9-11-19(12-10-18)20-7-5-8-21(16-20)38-39(4,34)35/h5,7-12,16,22,29H,6,13-15,17H2,1-4H3,(H2,28,31)(H,30,32)/t22-,27-/m0/s1. The zero-order valence-corrected chi connectivity index (χ0v) is 23.3. The summed E-state index contributed by atoms with van der Waals surface area (Å²) in [6.07, 6.45) is 1.62. The molecule has 4 N–H and O–H groups in total. The highest BCUT2D eigenvalue weighted by Gasteiger charge is 2.51. The van der Waals surface area contributed by atoms with Gasteiger partial charge < -0.3 is 30.0 Å². The predicted octanol–water partition coefficient (Wildman–Crippen LogP) is 1.30. The van der Waals surface area contributed by atoms with Crippen LogP contribution in [-0.4, -0.2) is 69.4 Å². The lowest BCUT2D eigenvalue weighted by Gasteiger charge is -2.33. The van der Waals surface area contributed by atoms with Crippen LogP contribution in [0.25, 0.3) is 11.1 Å². The highest BCUT2D eigenvalue weighted by molar-refractivity contribution is 7.86. The van der Waals surface area contributed by atoms with E-state index < -0.39 is 45.1 Å². The smallest absolute Gasteiger partial charge is 0.350 e. The Balaban J connectivity index is 1.78. The zero-order valence-electron chi connectivity index (χ0n) is 22.5. The third-order valence-corrected chi connectivity index (χ3v) is 6.27.